The average Bonchev–Trinajstić information content (AvgIpc) is 2.76. The van der Waals surface area contributed by atoms with Crippen molar-refractivity contribution in [1.82, 2.24) is 5.43 Å². The molecule has 1 saturated carbocycles. The van der Waals surface area contributed by atoms with Crippen LogP contribution in [0.3, 0.4) is 0 Å². The number of rotatable bonds is 4. The Kier molecular flexibility index (Phi) is 5.74. The van der Waals surface area contributed by atoms with E-state index in [2.05, 4.69) is 10.5 Å². The van der Waals surface area contributed by atoms with Gasteiger partial charge in [-0.3, -0.25) is 4.79 Å². The first-order valence-electron chi connectivity index (χ1n) is 7.24. The van der Waals surface area contributed by atoms with Crippen molar-refractivity contribution in [3.8, 4) is 0 Å². The molecule has 2 rings (SSSR count). The molecule has 1 fully saturated rings. The molecule has 1 atom stereocenters. The monoisotopic (exact) mass is 274 g/mol. The zero-order chi connectivity index (χ0) is 14.2. The molecular formula is C16H22N2O2. The minimum atomic E-state index is -0.605. The zero-order valence-corrected chi connectivity index (χ0v) is 12.0. The van der Waals surface area contributed by atoms with Crippen LogP contribution in [0.25, 0.3) is 0 Å². The van der Waals surface area contributed by atoms with Gasteiger partial charge in [0.1, 0.15) is 0 Å². The van der Waals surface area contributed by atoms with Crippen LogP contribution in [-0.4, -0.2) is 18.7 Å². The summed E-state index contributed by atoms with van der Waals surface area (Å²) < 4.78 is 5.28. The minimum Gasteiger partial charge on any atom is -0.367 e. The van der Waals surface area contributed by atoms with Gasteiger partial charge < -0.3 is 4.74 Å². The van der Waals surface area contributed by atoms with Gasteiger partial charge in [-0.05, 0) is 31.2 Å². The van der Waals surface area contributed by atoms with Gasteiger partial charge in [0.05, 0.1) is 0 Å². The lowest BCUT2D eigenvalue weighted by atomic mass is 10.1. The third-order valence-electron chi connectivity index (χ3n) is 3.58. The van der Waals surface area contributed by atoms with Crippen molar-refractivity contribution in [1.29, 1.82) is 0 Å². The molecular weight excluding hydrogens is 252 g/mol. The summed E-state index contributed by atoms with van der Waals surface area (Å²) in [5.41, 5.74) is 4.59. The fourth-order valence-electron chi connectivity index (χ4n) is 2.46. The van der Waals surface area contributed by atoms with Gasteiger partial charge in [0.2, 0.25) is 0 Å². The van der Waals surface area contributed by atoms with E-state index in [4.69, 9.17) is 4.74 Å². The summed E-state index contributed by atoms with van der Waals surface area (Å²) >= 11 is 0. The van der Waals surface area contributed by atoms with Crippen LogP contribution >= 0.6 is 0 Å². The molecule has 0 heterocycles. The summed E-state index contributed by atoms with van der Waals surface area (Å²) in [6.07, 6.45) is 6.23. The van der Waals surface area contributed by atoms with Gasteiger partial charge >= 0.3 is 0 Å². The number of carbonyl (C=O) groups excluding carboxylic acids is 1. The Bertz CT molecular complexity index is 447. The molecule has 4 nitrogen and oxygen atoms in total. The van der Waals surface area contributed by atoms with Crippen LogP contribution in [0.15, 0.2) is 35.4 Å². The molecule has 1 aromatic carbocycles. The van der Waals surface area contributed by atoms with Gasteiger partial charge in [-0.1, -0.05) is 43.2 Å². The molecule has 0 unspecified atom stereocenters. The van der Waals surface area contributed by atoms with E-state index in [1.807, 2.05) is 30.3 Å². The van der Waals surface area contributed by atoms with Crippen LogP contribution in [0, 0.1) is 0 Å². The SMILES string of the molecule is CO[C@H](C(=O)NN=C1CCCCCC1)c1ccccc1. The number of nitrogens with zero attached hydrogens (tertiary/aromatic N) is 1. The first-order valence-corrected chi connectivity index (χ1v) is 7.24. The molecule has 0 bridgehead atoms. The summed E-state index contributed by atoms with van der Waals surface area (Å²) in [6.45, 7) is 0. The van der Waals surface area contributed by atoms with Crippen LogP contribution < -0.4 is 5.43 Å². The highest BCUT2D eigenvalue weighted by Crippen LogP contribution is 2.17. The van der Waals surface area contributed by atoms with Crippen molar-refractivity contribution in [2.75, 3.05) is 7.11 Å². The Balaban J connectivity index is 1.97. The van der Waals surface area contributed by atoms with Crippen LogP contribution in [-0.2, 0) is 9.53 Å². The minimum absolute atomic E-state index is 0.213. The molecule has 0 aromatic heterocycles. The Hall–Kier alpha value is -1.68. The van der Waals surface area contributed by atoms with Crippen molar-refractivity contribution in [3.63, 3.8) is 0 Å². The number of amides is 1. The Morgan fingerprint density at radius 2 is 1.80 bits per heavy atom. The van der Waals surface area contributed by atoms with Crippen LogP contribution in [0.5, 0.6) is 0 Å². The van der Waals surface area contributed by atoms with E-state index in [1.165, 1.54) is 32.8 Å². The summed E-state index contributed by atoms with van der Waals surface area (Å²) in [7, 11) is 1.54. The third kappa shape index (κ3) is 4.17. The van der Waals surface area contributed by atoms with E-state index in [0.29, 0.717) is 0 Å². The quantitative estimate of drug-likeness (QED) is 0.677. The summed E-state index contributed by atoms with van der Waals surface area (Å²) in [6, 6.07) is 9.47. The van der Waals surface area contributed by atoms with Gasteiger partial charge in [-0.15, -0.1) is 0 Å². The standard InChI is InChI=1S/C16H22N2O2/c1-20-15(13-9-5-4-6-10-13)16(19)18-17-14-11-7-2-3-8-12-14/h4-6,9-10,15H,2-3,7-8,11-12H2,1H3,(H,18,19)/t15-/m0/s1. The normalized spacial score (nSPS) is 17.1. The number of methoxy groups -OCH3 is 1. The largest absolute Gasteiger partial charge is 0.367 e. The van der Waals surface area contributed by atoms with Gasteiger partial charge in [-0.25, -0.2) is 5.43 Å². The van der Waals surface area contributed by atoms with Gasteiger partial charge in [0.15, 0.2) is 6.10 Å². The van der Waals surface area contributed by atoms with Crippen LogP contribution in [0.2, 0.25) is 0 Å². The molecule has 0 radical (unpaired) electrons. The predicted octanol–water partition coefficient (Wildman–Crippen LogP) is 3.20. The van der Waals surface area contributed by atoms with E-state index >= 15 is 0 Å². The summed E-state index contributed by atoms with van der Waals surface area (Å²) in [4.78, 5) is 12.2. The number of ether oxygens (including phenoxy) is 1. The lowest BCUT2D eigenvalue weighted by Crippen LogP contribution is -2.27. The second-order valence-electron chi connectivity index (χ2n) is 5.09. The van der Waals surface area contributed by atoms with Crippen LogP contribution in [0.1, 0.15) is 50.2 Å². The van der Waals surface area contributed by atoms with Crippen molar-refractivity contribution in [2.45, 2.75) is 44.6 Å². The van der Waals surface area contributed by atoms with E-state index in [9.17, 15) is 4.79 Å². The van der Waals surface area contributed by atoms with Crippen molar-refractivity contribution in [3.05, 3.63) is 35.9 Å². The fourth-order valence-corrected chi connectivity index (χ4v) is 2.46. The highest BCUT2D eigenvalue weighted by molar-refractivity contribution is 5.88. The van der Waals surface area contributed by atoms with Crippen LogP contribution in [0.4, 0.5) is 0 Å². The first kappa shape index (κ1) is 14.7. The fraction of sp³-hybridized carbons (Fsp3) is 0.500. The molecule has 1 N–H and O–H groups in total. The molecule has 0 saturated heterocycles. The third-order valence-corrected chi connectivity index (χ3v) is 3.58. The number of nitrogens with one attached hydrogen (secondary N) is 1. The molecule has 20 heavy (non-hydrogen) atoms. The number of hydrogen-bond donors (Lipinski definition) is 1. The molecule has 1 aromatic rings. The summed E-state index contributed by atoms with van der Waals surface area (Å²) in [5.74, 6) is -0.213. The molecule has 1 aliphatic rings. The van der Waals surface area contributed by atoms with Crippen molar-refractivity contribution < 1.29 is 9.53 Å². The highest BCUT2D eigenvalue weighted by atomic mass is 16.5. The highest BCUT2D eigenvalue weighted by Gasteiger charge is 2.19. The molecule has 0 aliphatic heterocycles. The van der Waals surface area contributed by atoms with E-state index in [1.54, 1.807) is 0 Å². The number of hydrazone groups is 1. The summed E-state index contributed by atoms with van der Waals surface area (Å²) in [5, 5.41) is 4.27. The van der Waals surface area contributed by atoms with Gasteiger partial charge in [0.25, 0.3) is 5.91 Å². The average molecular weight is 274 g/mol. The number of benzene rings is 1. The van der Waals surface area contributed by atoms with Gasteiger partial charge in [-0.2, -0.15) is 5.10 Å². The molecule has 0 spiro atoms. The second kappa shape index (κ2) is 7.80. The van der Waals surface area contributed by atoms with E-state index < -0.39 is 6.10 Å². The predicted molar refractivity (Wildman–Crippen MR) is 79.5 cm³/mol. The maximum atomic E-state index is 12.2. The Morgan fingerprint density at radius 3 is 2.40 bits per heavy atom. The molecule has 1 aliphatic carbocycles. The van der Waals surface area contributed by atoms with E-state index in [-0.39, 0.29) is 5.91 Å². The molecule has 1 amide bonds. The van der Waals surface area contributed by atoms with Gasteiger partial charge in [0, 0.05) is 12.8 Å². The number of carbonyl (C=O) groups is 1. The zero-order valence-electron chi connectivity index (χ0n) is 12.0. The maximum absolute atomic E-state index is 12.2. The maximum Gasteiger partial charge on any atom is 0.273 e. The topological polar surface area (TPSA) is 50.7 Å². The Morgan fingerprint density at radius 1 is 1.15 bits per heavy atom. The van der Waals surface area contributed by atoms with Crippen molar-refractivity contribution >= 4 is 11.6 Å². The first-order chi connectivity index (χ1) is 9.81. The smallest absolute Gasteiger partial charge is 0.273 e. The Labute approximate surface area is 120 Å². The molecule has 4 heteroatoms. The number of hydrogen-bond acceptors (Lipinski definition) is 3. The lowest BCUT2D eigenvalue weighted by molar-refractivity contribution is -0.131. The molecule has 108 valence electrons. The second-order valence-corrected chi connectivity index (χ2v) is 5.09. The van der Waals surface area contributed by atoms with Crippen molar-refractivity contribution in [2.24, 2.45) is 5.10 Å². The lowest BCUT2D eigenvalue weighted by Gasteiger charge is -2.14. The van der Waals surface area contributed by atoms with E-state index in [0.717, 1.165) is 24.1 Å².